The van der Waals surface area contributed by atoms with Gasteiger partial charge in [-0.25, -0.2) is 0 Å². The number of hydrogen-bond acceptors (Lipinski definition) is 3. The summed E-state index contributed by atoms with van der Waals surface area (Å²) in [5.41, 5.74) is 4.64. The normalized spacial score (nSPS) is 25.1. The molecule has 0 spiro atoms. The first-order valence-corrected chi connectivity index (χ1v) is 8.64. The fourth-order valence-electron chi connectivity index (χ4n) is 4.20. The second-order valence-electron chi connectivity index (χ2n) is 7.18. The van der Waals surface area contributed by atoms with Crippen molar-refractivity contribution >= 4 is 11.8 Å². The molecule has 2 aliphatic rings. The zero-order chi connectivity index (χ0) is 17.7. The quantitative estimate of drug-likeness (QED) is 0.858. The predicted molar refractivity (Wildman–Crippen MR) is 94.4 cm³/mol. The van der Waals surface area contributed by atoms with Crippen LogP contribution in [0.5, 0.6) is 0 Å². The van der Waals surface area contributed by atoms with Crippen molar-refractivity contribution < 1.29 is 14.7 Å². The molecule has 0 saturated heterocycles. The molecule has 1 N–H and O–H groups in total. The molecule has 2 aromatic rings. The summed E-state index contributed by atoms with van der Waals surface area (Å²) in [4.78, 5) is 26.6. The molecular weight excluding hydrogens is 314 g/mol. The molecule has 0 aromatic heterocycles. The van der Waals surface area contributed by atoms with Gasteiger partial charge >= 0.3 is 0 Å². The van der Waals surface area contributed by atoms with E-state index in [0.717, 1.165) is 16.7 Å². The number of aliphatic hydroxyl groups is 1. The fraction of sp³-hybridized carbons (Fsp3) is 0.333. The largest absolute Gasteiger partial charge is 0.392 e. The van der Waals surface area contributed by atoms with Gasteiger partial charge in [0.05, 0.1) is 12.0 Å². The van der Waals surface area contributed by atoms with Crippen LogP contribution in [0.25, 0.3) is 0 Å². The van der Waals surface area contributed by atoms with Gasteiger partial charge in [0.15, 0.2) is 0 Å². The Hall–Kier alpha value is -2.46. The molecule has 4 nitrogen and oxygen atoms in total. The molecule has 0 saturated carbocycles. The number of rotatable bonds is 2. The summed E-state index contributed by atoms with van der Waals surface area (Å²) < 4.78 is 0. The van der Waals surface area contributed by atoms with Gasteiger partial charge in [0, 0.05) is 18.5 Å². The van der Waals surface area contributed by atoms with Gasteiger partial charge in [0.1, 0.15) is 0 Å². The third-order valence-electron chi connectivity index (χ3n) is 5.58. The second kappa shape index (κ2) is 5.81. The topological polar surface area (TPSA) is 57.6 Å². The number of carbonyl (C=O) groups excluding carboxylic acids is 2. The molecule has 128 valence electrons. The summed E-state index contributed by atoms with van der Waals surface area (Å²) in [5, 5.41) is 10.8. The standard InChI is InChI=1S/C21H21NO3/c1-12-6-8-13(9-7-12)10-16-17(23)11-14-4-3-5-15-18(14)19(16)21(25)22(2)20(15)24/h3-9,16-17,19,23H,10-11H2,1-2H3/t16-,17+,19-/m1/s1. The van der Waals surface area contributed by atoms with Crippen LogP contribution in [0, 0.1) is 12.8 Å². The summed E-state index contributed by atoms with van der Waals surface area (Å²) in [6, 6.07) is 13.7. The van der Waals surface area contributed by atoms with E-state index >= 15 is 0 Å². The van der Waals surface area contributed by atoms with Gasteiger partial charge < -0.3 is 5.11 Å². The highest BCUT2D eigenvalue weighted by Crippen LogP contribution is 2.43. The molecule has 0 bridgehead atoms. The van der Waals surface area contributed by atoms with E-state index in [9.17, 15) is 14.7 Å². The lowest BCUT2D eigenvalue weighted by Crippen LogP contribution is -2.50. The molecule has 2 amide bonds. The highest BCUT2D eigenvalue weighted by Gasteiger charge is 2.47. The lowest BCUT2D eigenvalue weighted by Gasteiger charge is -2.41. The molecule has 0 unspecified atom stereocenters. The first-order valence-electron chi connectivity index (χ1n) is 8.64. The molecule has 0 fully saturated rings. The lowest BCUT2D eigenvalue weighted by molar-refractivity contribution is -0.132. The molecule has 2 aromatic carbocycles. The Kier molecular flexibility index (Phi) is 3.73. The molecule has 4 rings (SSSR count). The predicted octanol–water partition coefficient (Wildman–Crippen LogP) is 2.47. The molecule has 1 aliphatic carbocycles. The first kappa shape index (κ1) is 16.0. The average molecular weight is 335 g/mol. The van der Waals surface area contributed by atoms with Crippen molar-refractivity contribution in [1.82, 2.24) is 4.90 Å². The van der Waals surface area contributed by atoms with Crippen molar-refractivity contribution in [2.45, 2.75) is 31.8 Å². The zero-order valence-corrected chi connectivity index (χ0v) is 14.4. The number of aliphatic hydroxyl groups excluding tert-OH is 1. The summed E-state index contributed by atoms with van der Waals surface area (Å²) in [6.45, 7) is 2.03. The highest BCUT2D eigenvalue weighted by atomic mass is 16.3. The molecule has 25 heavy (non-hydrogen) atoms. The molecule has 1 heterocycles. The number of likely N-dealkylation sites (N-methyl/N-ethyl adjacent to an activating group) is 1. The van der Waals surface area contributed by atoms with E-state index in [-0.39, 0.29) is 17.7 Å². The van der Waals surface area contributed by atoms with Crippen LogP contribution in [0.15, 0.2) is 42.5 Å². The maximum Gasteiger partial charge on any atom is 0.260 e. The van der Waals surface area contributed by atoms with Crippen LogP contribution in [0.2, 0.25) is 0 Å². The van der Waals surface area contributed by atoms with Crippen molar-refractivity contribution in [2.75, 3.05) is 7.05 Å². The van der Waals surface area contributed by atoms with Crippen LogP contribution in [0.3, 0.4) is 0 Å². The van der Waals surface area contributed by atoms with Crippen LogP contribution in [-0.2, 0) is 17.6 Å². The van der Waals surface area contributed by atoms with Crippen molar-refractivity contribution in [1.29, 1.82) is 0 Å². The number of hydrogen-bond donors (Lipinski definition) is 1. The van der Waals surface area contributed by atoms with E-state index in [1.54, 1.807) is 6.07 Å². The minimum atomic E-state index is -0.598. The zero-order valence-electron chi connectivity index (χ0n) is 14.4. The number of benzene rings is 2. The van der Waals surface area contributed by atoms with Crippen LogP contribution in [-0.4, -0.2) is 35.0 Å². The smallest absolute Gasteiger partial charge is 0.260 e. The van der Waals surface area contributed by atoms with Gasteiger partial charge in [-0.15, -0.1) is 0 Å². The molecule has 1 aliphatic heterocycles. The van der Waals surface area contributed by atoms with E-state index in [4.69, 9.17) is 0 Å². The number of aryl methyl sites for hydroxylation is 1. The van der Waals surface area contributed by atoms with Crippen molar-refractivity contribution in [2.24, 2.45) is 5.92 Å². The fourth-order valence-corrected chi connectivity index (χ4v) is 4.20. The van der Waals surface area contributed by atoms with Crippen LogP contribution >= 0.6 is 0 Å². The summed E-state index contributed by atoms with van der Waals surface area (Å²) in [5.74, 6) is -1.14. The molecular formula is C21H21NO3. The summed E-state index contributed by atoms with van der Waals surface area (Å²) >= 11 is 0. The highest BCUT2D eigenvalue weighted by molar-refractivity contribution is 6.11. The van der Waals surface area contributed by atoms with E-state index in [1.165, 1.54) is 17.5 Å². The van der Waals surface area contributed by atoms with E-state index < -0.39 is 12.0 Å². The van der Waals surface area contributed by atoms with Crippen LogP contribution in [0.4, 0.5) is 0 Å². The number of imide groups is 1. The minimum absolute atomic E-state index is 0.208. The first-order chi connectivity index (χ1) is 12.0. The van der Waals surface area contributed by atoms with Crippen molar-refractivity contribution in [3.8, 4) is 0 Å². The van der Waals surface area contributed by atoms with Gasteiger partial charge in [-0.3, -0.25) is 14.5 Å². The van der Waals surface area contributed by atoms with E-state index in [0.29, 0.717) is 18.4 Å². The van der Waals surface area contributed by atoms with Gasteiger partial charge in [0.25, 0.3) is 5.91 Å². The Labute approximate surface area is 147 Å². The minimum Gasteiger partial charge on any atom is -0.392 e. The monoisotopic (exact) mass is 335 g/mol. The number of nitrogens with zero attached hydrogens (tertiary/aromatic N) is 1. The van der Waals surface area contributed by atoms with Gasteiger partial charge in [-0.1, -0.05) is 42.0 Å². The van der Waals surface area contributed by atoms with Crippen LogP contribution in [0.1, 0.15) is 38.5 Å². The Morgan fingerprint density at radius 2 is 1.84 bits per heavy atom. The maximum atomic E-state index is 12.9. The molecule has 3 atom stereocenters. The molecule has 0 radical (unpaired) electrons. The third-order valence-corrected chi connectivity index (χ3v) is 5.58. The van der Waals surface area contributed by atoms with Crippen LogP contribution < -0.4 is 0 Å². The van der Waals surface area contributed by atoms with E-state index in [2.05, 4.69) is 0 Å². The Morgan fingerprint density at radius 1 is 1.12 bits per heavy atom. The summed E-state index contributed by atoms with van der Waals surface area (Å²) in [7, 11) is 1.53. The van der Waals surface area contributed by atoms with Gasteiger partial charge in [-0.05, 0) is 42.5 Å². The summed E-state index contributed by atoms with van der Waals surface area (Å²) in [6.07, 6.45) is 0.508. The van der Waals surface area contributed by atoms with Crippen molar-refractivity contribution in [3.05, 3.63) is 70.3 Å². The van der Waals surface area contributed by atoms with Gasteiger partial charge in [0.2, 0.25) is 5.91 Å². The molecule has 4 heteroatoms. The van der Waals surface area contributed by atoms with Gasteiger partial charge in [-0.2, -0.15) is 0 Å². The average Bonchev–Trinajstić information content (AvgIpc) is 2.60. The Morgan fingerprint density at radius 3 is 2.56 bits per heavy atom. The van der Waals surface area contributed by atoms with Crippen molar-refractivity contribution in [3.63, 3.8) is 0 Å². The SMILES string of the molecule is Cc1ccc(C[C@@H]2[C@@H](O)Cc3cccc4c3[C@@H]2C(=O)N(C)C4=O)cc1. The second-order valence-corrected chi connectivity index (χ2v) is 7.18. The number of amides is 2. The Balaban J connectivity index is 1.80. The lowest BCUT2D eigenvalue weighted by atomic mass is 9.67. The maximum absolute atomic E-state index is 12.9. The Bertz CT molecular complexity index is 856. The third kappa shape index (κ3) is 2.48. The van der Waals surface area contributed by atoms with E-state index in [1.807, 2.05) is 43.3 Å². The number of carbonyl (C=O) groups is 2.